The average molecular weight is 224 g/mol. The third-order valence-corrected chi connectivity index (χ3v) is 2.63. The first-order valence-corrected chi connectivity index (χ1v) is 5.83. The van der Waals surface area contributed by atoms with Gasteiger partial charge in [0, 0.05) is 0 Å². The molecule has 5 nitrogen and oxygen atoms in total. The highest BCUT2D eigenvalue weighted by molar-refractivity contribution is 7.86. The molecule has 0 amide bonds. The molecule has 0 aromatic heterocycles. The molecule has 0 heterocycles. The Labute approximate surface area is 84.5 Å². The van der Waals surface area contributed by atoms with Gasteiger partial charge in [0.25, 0.3) is 10.1 Å². The summed E-state index contributed by atoms with van der Waals surface area (Å²) >= 11 is 0. The van der Waals surface area contributed by atoms with E-state index >= 15 is 0 Å². The lowest BCUT2D eigenvalue weighted by atomic mass is 10.4. The second-order valence-corrected chi connectivity index (χ2v) is 4.30. The zero-order chi connectivity index (χ0) is 11.0. The van der Waals surface area contributed by atoms with Crippen LogP contribution in [-0.4, -0.2) is 45.2 Å². The van der Waals surface area contributed by atoms with Crippen molar-refractivity contribution < 1.29 is 22.4 Å². The highest BCUT2D eigenvalue weighted by Gasteiger charge is 2.17. The molecule has 1 N–H and O–H groups in total. The van der Waals surface area contributed by atoms with Gasteiger partial charge in [-0.3, -0.25) is 4.18 Å². The molecule has 0 aromatic carbocycles. The third kappa shape index (κ3) is 7.02. The van der Waals surface area contributed by atoms with Crippen LogP contribution in [-0.2, 0) is 19.0 Å². The maximum Gasteiger partial charge on any atom is 0.269 e. The van der Waals surface area contributed by atoms with Gasteiger partial charge in [-0.15, -0.1) is 6.58 Å². The fourth-order valence-electron chi connectivity index (χ4n) is 0.799. The quantitative estimate of drug-likeness (QED) is 0.354. The van der Waals surface area contributed by atoms with E-state index in [1.807, 2.05) is 0 Å². The van der Waals surface area contributed by atoms with Crippen LogP contribution < -0.4 is 0 Å². The van der Waals surface area contributed by atoms with Gasteiger partial charge < -0.3 is 9.84 Å². The predicted molar refractivity (Wildman–Crippen MR) is 52.4 cm³/mol. The SMILES string of the molecule is C=CCOCC(O)CS(=O)(=O)OCC. The molecule has 0 radical (unpaired) electrons. The van der Waals surface area contributed by atoms with Crippen molar-refractivity contribution in [1.82, 2.24) is 0 Å². The summed E-state index contributed by atoms with van der Waals surface area (Å²) in [6.07, 6.45) is 0.454. The summed E-state index contributed by atoms with van der Waals surface area (Å²) in [7, 11) is -3.62. The predicted octanol–water partition coefficient (Wildman–Crippen LogP) is -0.0838. The minimum absolute atomic E-state index is 0.0433. The summed E-state index contributed by atoms with van der Waals surface area (Å²) < 4.78 is 31.4. The average Bonchev–Trinajstić information content (AvgIpc) is 2.03. The van der Waals surface area contributed by atoms with Crippen LogP contribution in [0.1, 0.15) is 6.92 Å². The first-order valence-electron chi connectivity index (χ1n) is 4.25. The van der Waals surface area contributed by atoms with Crippen LogP contribution in [0, 0.1) is 0 Å². The van der Waals surface area contributed by atoms with E-state index in [4.69, 9.17) is 4.74 Å². The Morgan fingerprint density at radius 1 is 1.57 bits per heavy atom. The highest BCUT2D eigenvalue weighted by Crippen LogP contribution is 1.97. The van der Waals surface area contributed by atoms with Gasteiger partial charge in [0.2, 0.25) is 0 Å². The van der Waals surface area contributed by atoms with Crippen molar-refractivity contribution in [2.24, 2.45) is 0 Å². The smallest absolute Gasteiger partial charge is 0.269 e. The van der Waals surface area contributed by atoms with Crippen LogP contribution in [0.25, 0.3) is 0 Å². The molecular formula is C8H16O5S. The van der Waals surface area contributed by atoms with Gasteiger partial charge >= 0.3 is 0 Å². The number of hydrogen-bond donors (Lipinski definition) is 1. The Bertz CT molecular complexity index is 246. The summed E-state index contributed by atoms with van der Waals surface area (Å²) in [5.74, 6) is -0.446. The van der Waals surface area contributed by atoms with Crippen molar-refractivity contribution in [3.05, 3.63) is 12.7 Å². The molecule has 0 saturated heterocycles. The van der Waals surface area contributed by atoms with Gasteiger partial charge in [-0.05, 0) is 6.92 Å². The molecule has 0 bridgehead atoms. The fraction of sp³-hybridized carbons (Fsp3) is 0.750. The highest BCUT2D eigenvalue weighted by atomic mass is 32.2. The van der Waals surface area contributed by atoms with Crippen molar-refractivity contribution in [1.29, 1.82) is 0 Å². The first kappa shape index (κ1) is 13.6. The number of ether oxygens (including phenoxy) is 1. The lowest BCUT2D eigenvalue weighted by Gasteiger charge is -2.10. The number of aliphatic hydroxyl groups excluding tert-OH is 1. The second-order valence-electron chi connectivity index (χ2n) is 2.61. The molecule has 0 aliphatic heterocycles. The summed E-state index contributed by atoms with van der Waals surface area (Å²) in [6, 6.07) is 0. The summed E-state index contributed by atoms with van der Waals surface area (Å²) in [5, 5.41) is 9.22. The second kappa shape index (κ2) is 6.94. The van der Waals surface area contributed by atoms with E-state index in [0.29, 0.717) is 0 Å². The number of aliphatic hydroxyl groups is 1. The van der Waals surface area contributed by atoms with Crippen molar-refractivity contribution in [2.45, 2.75) is 13.0 Å². The van der Waals surface area contributed by atoms with E-state index in [2.05, 4.69) is 10.8 Å². The monoisotopic (exact) mass is 224 g/mol. The van der Waals surface area contributed by atoms with E-state index in [1.165, 1.54) is 6.08 Å². The Kier molecular flexibility index (Phi) is 6.73. The van der Waals surface area contributed by atoms with Gasteiger partial charge in [0.1, 0.15) is 5.75 Å². The van der Waals surface area contributed by atoms with Crippen LogP contribution in [0.4, 0.5) is 0 Å². The van der Waals surface area contributed by atoms with E-state index in [1.54, 1.807) is 6.92 Å². The van der Waals surface area contributed by atoms with Crippen molar-refractivity contribution in [3.63, 3.8) is 0 Å². The third-order valence-electron chi connectivity index (χ3n) is 1.24. The topological polar surface area (TPSA) is 72.8 Å². The lowest BCUT2D eigenvalue weighted by molar-refractivity contribution is 0.0603. The molecule has 1 atom stereocenters. The number of rotatable bonds is 8. The van der Waals surface area contributed by atoms with Gasteiger partial charge in [-0.1, -0.05) is 6.08 Å². The minimum Gasteiger partial charge on any atom is -0.390 e. The maximum absolute atomic E-state index is 11.0. The van der Waals surface area contributed by atoms with E-state index in [-0.39, 0.29) is 19.8 Å². The maximum atomic E-state index is 11.0. The molecule has 0 saturated carbocycles. The zero-order valence-corrected chi connectivity index (χ0v) is 9.00. The summed E-state index contributed by atoms with van der Waals surface area (Å²) in [6.45, 7) is 5.29. The van der Waals surface area contributed by atoms with Crippen LogP contribution in [0.3, 0.4) is 0 Å². The molecule has 1 unspecified atom stereocenters. The van der Waals surface area contributed by atoms with Crippen LogP contribution in [0.2, 0.25) is 0 Å². The zero-order valence-electron chi connectivity index (χ0n) is 8.18. The Morgan fingerprint density at radius 2 is 2.21 bits per heavy atom. The van der Waals surface area contributed by atoms with Crippen LogP contribution in [0.5, 0.6) is 0 Å². The molecular weight excluding hydrogens is 208 g/mol. The van der Waals surface area contributed by atoms with Crippen molar-refractivity contribution in [3.8, 4) is 0 Å². The van der Waals surface area contributed by atoms with Crippen LogP contribution >= 0.6 is 0 Å². The molecule has 6 heteroatoms. The molecule has 84 valence electrons. The standard InChI is InChI=1S/C8H16O5S/c1-3-5-12-6-8(9)7-14(10,11)13-4-2/h3,8-9H,1,4-7H2,2H3. The van der Waals surface area contributed by atoms with Crippen molar-refractivity contribution in [2.75, 3.05) is 25.6 Å². The van der Waals surface area contributed by atoms with Gasteiger partial charge in [0.05, 0.1) is 25.9 Å². The lowest BCUT2D eigenvalue weighted by Crippen LogP contribution is -2.27. The Morgan fingerprint density at radius 3 is 2.71 bits per heavy atom. The normalized spacial score (nSPS) is 13.9. The van der Waals surface area contributed by atoms with E-state index in [9.17, 15) is 13.5 Å². The first-order chi connectivity index (χ1) is 6.52. The van der Waals surface area contributed by atoms with Gasteiger partial charge in [-0.2, -0.15) is 8.42 Å². The molecule has 14 heavy (non-hydrogen) atoms. The minimum atomic E-state index is -3.62. The summed E-state index contributed by atoms with van der Waals surface area (Å²) in [5.41, 5.74) is 0. The molecule has 0 aromatic rings. The van der Waals surface area contributed by atoms with E-state index < -0.39 is 22.0 Å². The van der Waals surface area contributed by atoms with Gasteiger partial charge in [-0.25, -0.2) is 0 Å². The molecule has 0 aliphatic rings. The summed E-state index contributed by atoms with van der Waals surface area (Å²) in [4.78, 5) is 0. The Balaban J connectivity index is 3.80. The number of hydrogen-bond acceptors (Lipinski definition) is 5. The van der Waals surface area contributed by atoms with E-state index in [0.717, 1.165) is 0 Å². The fourth-order valence-corrected chi connectivity index (χ4v) is 1.82. The van der Waals surface area contributed by atoms with Crippen LogP contribution in [0.15, 0.2) is 12.7 Å². The molecule has 0 fully saturated rings. The Hall–Kier alpha value is -0.430. The molecule has 0 spiro atoms. The largest absolute Gasteiger partial charge is 0.390 e. The molecule has 0 rings (SSSR count). The van der Waals surface area contributed by atoms with Gasteiger partial charge in [0.15, 0.2) is 0 Å². The van der Waals surface area contributed by atoms with Crippen molar-refractivity contribution >= 4 is 10.1 Å². The molecule has 0 aliphatic carbocycles.